The van der Waals surface area contributed by atoms with Gasteiger partial charge in [0.1, 0.15) is 5.75 Å². The normalized spacial score (nSPS) is 13.8. The number of anilines is 1. The first-order valence-corrected chi connectivity index (χ1v) is 11.9. The molecule has 0 unspecified atom stereocenters. The lowest BCUT2D eigenvalue weighted by Gasteiger charge is -2.26. The highest BCUT2D eigenvalue weighted by Gasteiger charge is 2.40. The van der Waals surface area contributed by atoms with Gasteiger partial charge in [0.05, 0.1) is 19.4 Å². The Hall–Kier alpha value is -3.78. The number of carboxylic acids is 3. The molecule has 1 saturated heterocycles. The zero-order valence-electron chi connectivity index (χ0n) is 20.7. The molecule has 0 atom stereocenters. The van der Waals surface area contributed by atoms with Crippen molar-refractivity contribution < 1.29 is 39.5 Å². The van der Waals surface area contributed by atoms with E-state index in [0.717, 1.165) is 25.3 Å². The van der Waals surface area contributed by atoms with Gasteiger partial charge in [-0.2, -0.15) is 0 Å². The van der Waals surface area contributed by atoms with Crippen molar-refractivity contribution in [3.63, 3.8) is 0 Å². The summed E-state index contributed by atoms with van der Waals surface area (Å²) in [5.41, 5.74) is -1.41. The fourth-order valence-electron chi connectivity index (χ4n) is 3.67. The summed E-state index contributed by atoms with van der Waals surface area (Å²) in [7, 11) is 1.81. The number of likely N-dealkylation sites (tertiary alicyclic amines) is 1. The second kappa shape index (κ2) is 14.7. The van der Waals surface area contributed by atoms with Gasteiger partial charge in [-0.1, -0.05) is 23.7 Å². The quantitative estimate of drug-likeness (QED) is 0.232. The first-order chi connectivity index (χ1) is 17.6. The third-order valence-corrected chi connectivity index (χ3v) is 5.53. The lowest BCUT2D eigenvalue weighted by atomic mass is 9.96. The number of carbonyl (C=O) groups is 3. The van der Waals surface area contributed by atoms with Crippen molar-refractivity contribution in [1.29, 1.82) is 0 Å². The molecular weight excluding hydrogens is 488 g/mol. The minimum Gasteiger partial charge on any atom is -0.494 e. The smallest absolute Gasteiger partial charge is 0.336 e. The van der Waals surface area contributed by atoms with E-state index in [-0.39, 0.29) is 0 Å². The third-order valence-electron chi connectivity index (χ3n) is 5.53. The summed E-state index contributed by atoms with van der Waals surface area (Å²) in [5, 5.41) is 48.2. The molecule has 2 heterocycles. The second-order valence-corrected chi connectivity index (χ2v) is 8.72. The van der Waals surface area contributed by atoms with Gasteiger partial charge < -0.3 is 30.5 Å². The van der Waals surface area contributed by atoms with E-state index in [2.05, 4.69) is 43.9 Å². The molecule has 1 aliphatic heterocycles. The SMILES string of the molecule is Cn1nnnc1NCCCOc1cccc(CN2CCCCC2)c1.O=C(O)CC(O)(CC(=O)O)C(=O)O. The van der Waals surface area contributed by atoms with Crippen LogP contribution in [0.3, 0.4) is 0 Å². The van der Waals surface area contributed by atoms with E-state index in [4.69, 9.17) is 25.2 Å². The molecular formula is C23H34N6O8. The minimum atomic E-state index is -2.74. The van der Waals surface area contributed by atoms with Gasteiger partial charge in [-0.15, -0.1) is 0 Å². The Labute approximate surface area is 213 Å². The van der Waals surface area contributed by atoms with Crippen molar-refractivity contribution in [2.24, 2.45) is 7.05 Å². The zero-order chi connectivity index (χ0) is 27.3. The molecule has 1 fully saturated rings. The lowest BCUT2D eigenvalue weighted by molar-refractivity contribution is -0.170. The van der Waals surface area contributed by atoms with Crippen LogP contribution in [0, 0.1) is 0 Å². The van der Waals surface area contributed by atoms with E-state index in [0.29, 0.717) is 12.6 Å². The maximum absolute atomic E-state index is 10.3. The molecule has 37 heavy (non-hydrogen) atoms. The van der Waals surface area contributed by atoms with Gasteiger partial charge in [-0.05, 0) is 60.5 Å². The topological polar surface area (TPSA) is 200 Å². The fraction of sp³-hybridized carbons (Fsp3) is 0.565. The van der Waals surface area contributed by atoms with Crippen molar-refractivity contribution in [2.45, 2.75) is 50.7 Å². The Balaban J connectivity index is 0.000000317. The summed E-state index contributed by atoms with van der Waals surface area (Å²) in [4.78, 5) is 33.0. The van der Waals surface area contributed by atoms with Crippen molar-refractivity contribution >= 4 is 23.9 Å². The van der Waals surface area contributed by atoms with E-state index < -0.39 is 36.4 Å². The van der Waals surface area contributed by atoms with Crippen LogP contribution in [0.25, 0.3) is 0 Å². The second-order valence-electron chi connectivity index (χ2n) is 8.72. The molecule has 0 spiro atoms. The Morgan fingerprint density at radius 2 is 1.76 bits per heavy atom. The Kier molecular flexibility index (Phi) is 11.7. The first kappa shape index (κ1) is 29.5. The Bertz CT molecular complexity index is 1010. The first-order valence-electron chi connectivity index (χ1n) is 11.9. The molecule has 14 nitrogen and oxygen atoms in total. The van der Waals surface area contributed by atoms with E-state index in [1.165, 1.54) is 37.9 Å². The van der Waals surface area contributed by atoms with Crippen molar-refractivity contribution in [2.75, 3.05) is 31.6 Å². The number of piperidine rings is 1. The monoisotopic (exact) mass is 522 g/mol. The van der Waals surface area contributed by atoms with Crippen LogP contribution in [0.4, 0.5) is 5.95 Å². The summed E-state index contributed by atoms with van der Waals surface area (Å²) in [5.74, 6) is -3.39. The molecule has 0 radical (unpaired) electrons. The van der Waals surface area contributed by atoms with E-state index in [1.54, 1.807) is 4.68 Å². The van der Waals surface area contributed by atoms with Crippen LogP contribution in [0.1, 0.15) is 44.1 Å². The van der Waals surface area contributed by atoms with Gasteiger partial charge in [-0.3, -0.25) is 14.5 Å². The average Bonchev–Trinajstić information content (AvgIpc) is 3.23. The molecule has 0 bridgehead atoms. The molecule has 0 saturated carbocycles. The van der Waals surface area contributed by atoms with Crippen molar-refractivity contribution in [1.82, 2.24) is 25.1 Å². The number of aromatic nitrogens is 4. The number of tetrazole rings is 1. The Morgan fingerprint density at radius 1 is 1.08 bits per heavy atom. The molecule has 1 aromatic heterocycles. The largest absolute Gasteiger partial charge is 0.494 e. The van der Waals surface area contributed by atoms with Crippen LogP contribution >= 0.6 is 0 Å². The predicted octanol–water partition coefficient (Wildman–Crippen LogP) is 0.829. The summed E-state index contributed by atoms with van der Waals surface area (Å²) < 4.78 is 7.48. The van der Waals surface area contributed by atoms with Gasteiger partial charge in [0, 0.05) is 20.1 Å². The predicted molar refractivity (Wildman–Crippen MR) is 130 cm³/mol. The fourth-order valence-corrected chi connectivity index (χ4v) is 3.67. The number of ether oxygens (including phenoxy) is 1. The van der Waals surface area contributed by atoms with E-state index in [1.807, 2.05) is 13.1 Å². The van der Waals surface area contributed by atoms with Crippen molar-refractivity contribution in [3.05, 3.63) is 29.8 Å². The third kappa shape index (κ3) is 10.8. The van der Waals surface area contributed by atoms with Crippen LogP contribution in [0.5, 0.6) is 5.75 Å². The van der Waals surface area contributed by atoms with Gasteiger partial charge in [0.2, 0.25) is 5.95 Å². The highest BCUT2D eigenvalue weighted by atomic mass is 16.5. The van der Waals surface area contributed by atoms with Crippen LogP contribution in [-0.2, 0) is 28.0 Å². The number of hydrogen-bond acceptors (Lipinski definition) is 10. The number of nitrogens with zero attached hydrogens (tertiary/aromatic N) is 5. The number of hydrogen-bond donors (Lipinski definition) is 5. The lowest BCUT2D eigenvalue weighted by Crippen LogP contribution is -2.42. The molecule has 14 heteroatoms. The van der Waals surface area contributed by atoms with Crippen LogP contribution < -0.4 is 10.1 Å². The number of aryl methyl sites for hydroxylation is 1. The van der Waals surface area contributed by atoms with Gasteiger partial charge >= 0.3 is 17.9 Å². The van der Waals surface area contributed by atoms with Crippen molar-refractivity contribution in [3.8, 4) is 5.75 Å². The molecule has 5 N–H and O–H groups in total. The summed E-state index contributed by atoms with van der Waals surface area (Å²) >= 11 is 0. The standard InChI is InChI=1S/C17H26N6O.C6H8O7/c1-22-17(19-20-21-22)18-9-6-12-24-16-8-5-7-15(13-16)14-23-10-3-2-4-11-23;7-3(8)1-6(13,5(11)12)2-4(9)10/h5,7-8,13H,2-4,6,9-12,14H2,1H3,(H,18,19,21);13H,1-2H2,(H,7,8)(H,9,10)(H,11,12). The molecule has 3 rings (SSSR count). The van der Waals surface area contributed by atoms with Crippen LogP contribution in [0.2, 0.25) is 0 Å². The molecule has 0 aliphatic carbocycles. The number of aliphatic hydroxyl groups is 1. The molecule has 1 aromatic carbocycles. The summed E-state index contributed by atoms with van der Waals surface area (Å²) in [6.07, 6.45) is 2.62. The Morgan fingerprint density at radius 3 is 2.32 bits per heavy atom. The molecule has 2 aromatic rings. The summed E-state index contributed by atoms with van der Waals surface area (Å²) in [6.45, 7) is 4.91. The number of rotatable bonds is 13. The number of nitrogens with one attached hydrogen (secondary N) is 1. The number of carboxylic acid groups (broad SMARTS) is 3. The maximum Gasteiger partial charge on any atom is 0.336 e. The highest BCUT2D eigenvalue weighted by molar-refractivity contribution is 5.88. The molecule has 204 valence electrons. The van der Waals surface area contributed by atoms with Gasteiger partial charge in [-0.25, -0.2) is 9.48 Å². The maximum atomic E-state index is 10.3. The van der Waals surface area contributed by atoms with Crippen LogP contribution in [-0.4, -0.2) is 95.3 Å². The van der Waals surface area contributed by atoms with Crippen LogP contribution in [0.15, 0.2) is 24.3 Å². The molecule has 0 amide bonds. The zero-order valence-corrected chi connectivity index (χ0v) is 20.7. The molecule has 1 aliphatic rings. The van der Waals surface area contributed by atoms with Gasteiger partial charge in [0.15, 0.2) is 5.60 Å². The van der Waals surface area contributed by atoms with E-state index >= 15 is 0 Å². The van der Waals surface area contributed by atoms with E-state index in [9.17, 15) is 14.4 Å². The average molecular weight is 523 g/mol. The summed E-state index contributed by atoms with van der Waals surface area (Å²) in [6, 6.07) is 8.45. The van der Waals surface area contributed by atoms with Gasteiger partial charge in [0.25, 0.3) is 0 Å². The number of benzene rings is 1. The number of aliphatic carboxylic acids is 3. The minimum absolute atomic E-state index is 0.672. The highest BCUT2D eigenvalue weighted by Crippen LogP contribution is 2.18.